The Morgan fingerprint density at radius 2 is 1.88 bits per heavy atom. The van der Waals surface area contributed by atoms with Gasteiger partial charge in [-0.25, -0.2) is 0 Å². The van der Waals surface area contributed by atoms with E-state index < -0.39 is 0 Å². The summed E-state index contributed by atoms with van der Waals surface area (Å²) in [6.07, 6.45) is 5.76. The smallest absolute Gasteiger partial charge is 0.223 e. The van der Waals surface area contributed by atoms with Crippen molar-refractivity contribution < 1.29 is 4.79 Å². The van der Waals surface area contributed by atoms with Gasteiger partial charge in [0.1, 0.15) is 0 Å². The zero-order chi connectivity index (χ0) is 12.2. The minimum absolute atomic E-state index is 0.199. The Morgan fingerprint density at radius 1 is 1.31 bits per heavy atom. The number of carbonyl (C=O) groups is 1. The lowest BCUT2D eigenvalue weighted by atomic mass is 9.80. The van der Waals surface area contributed by atoms with Crippen molar-refractivity contribution in [3.8, 4) is 0 Å². The predicted molar refractivity (Wildman–Crippen MR) is 67.0 cm³/mol. The van der Waals surface area contributed by atoms with Gasteiger partial charge in [0, 0.05) is 18.0 Å². The van der Waals surface area contributed by atoms with Crippen LogP contribution in [0.5, 0.6) is 0 Å². The Labute approximate surface area is 99.2 Å². The number of hydrogen-bond donors (Lipinski definition) is 2. The molecule has 0 bridgehead atoms. The fourth-order valence-electron chi connectivity index (χ4n) is 2.32. The molecule has 0 aromatic carbocycles. The number of hydrogen-bond acceptors (Lipinski definition) is 2. The third kappa shape index (κ3) is 3.78. The first-order valence-electron chi connectivity index (χ1n) is 6.50. The van der Waals surface area contributed by atoms with Gasteiger partial charge in [0.15, 0.2) is 0 Å². The van der Waals surface area contributed by atoms with E-state index in [1.165, 1.54) is 19.3 Å². The van der Waals surface area contributed by atoms with Crippen molar-refractivity contribution in [3.05, 3.63) is 0 Å². The highest BCUT2D eigenvalue weighted by atomic mass is 16.2. The second kappa shape index (κ2) is 5.67. The Hall–Kier alpha value is -0.570. The SMILES string of the molecule is CCC1CCC(C(=O)NC(C)(C)CN)CC1. The molecule has 0 unspecified atom stereocenters. The third-order valence-electron chi connectivity index (χ3n) is 3.77. The van der Waals surface area contributed by atoms with Crippen molar-refractivity contribution in [1.82, 2.24) is 5.32 Å². The van der Waals surface area contributed by atoms with E-state index in [9.17, 15) is 4.79 Å². The van der Waals surface area contributed by atoms with Crippen molar-refractivity contribution in [3.63, 3.8) is 0 Å². The van der Waals surface area contributed by atoms with Crippen LogP contribution in [-0.4, -0.2) is 18.0 Å². The lowest BCUT2D eigenvalue weighted by molar-refractivity contribution is -0.127. The molecule has 1 saturated carbocycles. The standard InChI is InChI=1S/C13H26N2O/c1-4-10-5-7-11(8-6-10)12(16)15-13(2,3)9-14/h10-11H,4-9,14H2,1-3H3,(H,15,16). The maximum absolute atomic E-state index is 12.0. The highest BCUT2D eigenvalue weighted by Gasteiger charge is 2.28. The van der Waals surface area contributed by atoms with Gasteiger partial charge in [0.05, 0.1) is 0 Å². The molecule has 0 aliphatic heterocycles. The van der Waals surface area contributed by atoms with E-state index in [1.54, 1.807) is 0 Å². The summed E-state index contributed by atoms with van der Waals surface area (Å²) in [6, 6.07) is 0. The van der Waals surface area contributed by atoms with Gasteiger partial charge in [0.25, 0.3) is 0 Å². The summed E-state index contributed by atoms with van der Waals surface area (Å²) in [4.78, 5) is 12.0. The number of carbonyl (C=O) groups excluding carboxylic acids is 1. The van der Waals surface area contributed by atoms with Crippen LogP contribution in [-0.2, 0) is 4.79 Å². The summed E-state index contributed by atoms with van der Waals surface area (Å²) in [5.41, 5.74) is 5.35. The summed E-state index contributed by atoms with van der Waals surface area (Å²) < 4.78 is 0. The first-order valence-corrected chi connectivity index (χ1v) is 6.50. The largest absolute Gasteiger partial charge is 0.350 e. The zero-order valence-electron chi connectivity index (χ0n) is 10.9. The van der Waals surface area contributed by atoms with Crippen LogP contribution in [0.15, 0.2) is 0 Å². The van der Waals surface area contributed by atoms with Crippen molar-refractivity contribution in [2.24, 2.45) is 17.6 Å². The summed E-state index contributed by atoms with van der Waals surface area (Å²) in [5, 5.41) is 3.04. The van der Waals surface area contributed by atoms with Gasteiger partial charge in [-0.3, -0.25) is 4.79 Å². The molecule has 3 nitrogen and oxygen atoms in total. The Balaban J connectivity index is 2.39. The van der Waals surface area contributed by atoms with Crippen LogP contribution < -0.4 is 11.1 Å². The Morgan fingerprint density at radius 3 is 2.31 bits per heavy atom. The van der Waals surface area contributed by atoms with Crippen LogP contribution in [0.25, 0.3) is 0 Å². The molecular weight excluding hydrogens is 200 g/mol. The van der Waals surface area contributed by atoms with Crippen LogP contribution in [0, 0.1) is 11.8 Å². The Bertz CT molecular complexity index is 230. The van der Waals surface area contributed by atoms with E-state index in [0.29, 0.717) is 6.54 Å². The summed E-state index contributed by atoms with van der Waals surface area (Å²) >= 11 is 0. The molecule has 0 spiro atoms. The normalized spacial score (nSPS) is 26.5. The molecule has 3 N–H and O–H groups in total. The topological polar surface area (TPSA) is 55.1 Å². The molecule has 1 aliphatic rings. The maximum Gasteiger partial charge on any atom is 0.223 e. The Kier molecular flexibility index (Phi) is 4.78. The molecule has 0 aromatic heterocycles. The molecular formula is C13H26N2O. The fourth-order valence-corrected chi connectivity index (χ4v) is 2.32. The van der Waals surface area contributed by atoms with Gasteiger partial charge in [-0.05, 0) is 45.4 Å². The molecule has 1 amide bonds. The van der Waals surface area contributed by atoms with Crippen LogP contribution in [0.2, 0.25) is 0 Å². The molecule has 0 atom stereocenters. The monoisotopic (exact) mass is 226 g/mol. The quantitative estimate of drug-likeness (QED) is 0.771. The minimum Gasteiger partial charge on any atom is -0.350 e. The number of amides is 1. The van der Waals surface area contributed by atoms with E-state index in [4.69, 9.17) is 5.73 Å². The van der Waals surface area contributed by atoms with Crippen LogP contribution in [0.3, 0.4) is 0 Å². The molecule has 3 heteroatoms. The molecule has 0 radical (unpaired) electrons. The highest BCUT2D eigenvalue weighted by Crippen LogP contribution is 2.30. The summed E-state index contributed by atoms with van der Waals surface area (Å²) in [6.45, 7) is 6.68. The molecule has 0 saturated heterocycles. The second-order valence-electron chi connectivity index (χ2n) is 5.70. The van der Waals surface area contributed by atoms with Crippen LogP contribution in [0.4, 0.5) is 0 Å². The molecule has 1 fully saturated rings. The minimum atomic E-state index is -0.265. The third-order valence-corrected chi connectivity index (χ3v) is 3.77. The van der Waals surface area contributed by atoms with Gasteiger partial charge in [-0.1, -0.05) is 13.3 Å². The van der Waals surface area contributed by atoms with Gasteiger partial charge >= 0.3 is 0 Å². The maximum atomic E-state index is 12.0. The molecule has 16 heavy (non-hydrogen) atoms. The molecule has 0 heterocycles. The highest BCUT2D eigenvalue weighted by molar-refractivity contribution is 5.79. The van der Waals surface area contributed by atoms with Crippen molar-refractivity contribution in [1.29, 1.82) is 0 Å². The number of rotatable bonds is 4. The first-order chi connectivity index (χ1) is 7.48. The van der Waals surface area contributed by atoms with Crippen molar-refractivity contribution in [2.45, 2.75) is 58.4 Å². The lowest BCUT2D eigenvalue weighted by Crippen LogP contribution is -2.51. The molecule has 0 aromatic rings. The molecule has 1 aliphatic carbocycles. The number of nitrogens with two attached hydrogens (primary N) is 1. The zero-order valence-corrected chi connectivity index (χ0v) is 10.9. The van der Waals surface area contributed by atoms with Crippen molar-refractivity contribution in [2.75, 3.05) is 6.54 Å². The lowest BCUT2D eigenvalue weighted by Gasteiger charge is -2.31. The van der Waals surface area contributed by atoms with Crippen LogP contribution >= 0.6 is 0 Å². The van der Waals surface area contributed by atoms with Gasteiger partial charge in [-0.15, -0.1) is 0 Å². The van der Waals surface area contributed by atoms with Gasteiger partial charge in [-0.2, -0.15) is 0 Å². The summed E-state index contributed by atoms with van der Waals surface area (Å²) in [7, 11) is 0. The van der Waals surface area contributed by atoms with Crippen molar-refractivity contribution >= 4 is 5.91 Å². The number of nitrogens with one attached hydrogen (secondary N) is 1. The average Bonchev–Trinajstić information content (AvgIpc) is 2.28. The molecule has 94 valence electrons. The van der Waals surface area contributed by atoms with E-state index in [-0.39, 0.29) is 17.4 Å². The first kappa shape index (κ1) is 13.5. The van der Waals surface area contributed by atoms with Gasteiger partial charge < -0.3 is 11.1 Å². The molecule has 1 rings (SSSR count). The summed E-state index contributed by atoms with van der Waals surface area (Å²) in [5.74, 6) is 1.25. The van der Waals surface area contributed by atoms with E-state index in [2.05, 4.69) is 12.2 Å². The van der Waals surface area contributed by atoms with Crippen LogP contribution in [0.1, 0.15) is 52.9 Å². The predicted octanol–water partition coefficient (Wildman–Crippen LogP) is 2.06. The second-order valence-corrected chi connectivity index (χ2v) is 5.70. The fraction of sp³-hybridized carbons (Fsp3) is 0.923. The van der Waals surface area contributed by atoms with E-state index in [0.717, 1.165) is 18.8 Å². The van der Waals surface area contributed by atoms with Gasteiger partial charge in [0.2, 0.25) is 5.91 Å². The van der Waals surface area contributed by atoms with E-state index in [1.807, 2.05) is 13.8 Å². The average molecular weight is 226 g/mol. The van der Waals surface area contributed by atoms with E-state index >= 15 is 0 Å².